The van der Waals surface area contributed by atoms with Gasteiger partial charge in [0.05, 0.1) is 10.8 Å². The van der Waals surface area contributed by atoms with Gasteiger partial charge in [0, 0.05) is 29.4 Å². The Labute approximate surface area is 183 Å². The Bertz CT molecular complexity index is 899. The number of thiocarbonyl (C=S) groups is 3. The predicted molar refractivity (Wildman–Crippen MR) is 127 cm³/mol. The number of nitrogens with zero attached hydrogens (tertiary/aromatic N) is 2. The van der Waals surface area contributed by atoms with Gasteiger partial charge in [-0.2, -0.15) is 10.3 Å². The summed E-state index contributed by atoms with van der Waals surface area (Å²) in [5.74, 6) is 0. The van der Waals surface area contributed by atoms with E-state index < -0.39 is 0 Å². The van der Waals surface area contributed by atoms with Crippen LogP contribution in [0.3, 0.4) is 0 Å². The Morgan fingerprint density at radius 3 is 1.86 bits per heavy atom. The van der Waals surface area contributed by atoms with Crippen molar-refractivity contribution in [1.29, 1.82) is 5.26 Å². The highest BCUT2D eigenvalue weighted by Crippen LogP contribution is 2.19. The quantitative estimate of drug-likeness (QED) is 0.164. The molecule has 0 bridgehead atoms. The van der Waals surface area contributed by atoms with Crippen molar-refractivity contribution in [2.45, 2.75) is 4.90 Å². The number of nitrogens with one attached hydrogen (secondary N) is 4. The minimum atomic E-state index is 0.510. The van der Waals surface area contributed by atoms with Crippen molar-refractivity contribution < 1.29 is 0 Å². The SMILES string of the molecule is N#CSc1ccc(NC(=S)NCCNC(=S)Nc2ccc(N=C=S)cc2)cc1. The lowest BCUT2D eigenvalue weighted by atomic mass is 10.3. The highest BCUT2D eigenvalue weighted by molar-refractivity contribution is 8.03. The Hall–Kier alpha value is -2.54. The van der Waals surface area contributed by atoms with Crippen LogP contribution in [0.2, 0.25) is 0 Å². The lowest BCUT2D eigenvalue weighted by molar-refractivity contribution is 0.821. The monoisotopic (exact) mass is 444 g/mol. The van der Waals surface area contributed by atoms with Gasteiger partial charge >= 0.3 is 0 Å². The average molecular weight is 445 g/mol. The number of benzene rings is 2. The van der Waals surface area contributed by atoms with E-state index in [1.54, 1.807) is 0 Å². The molecule has 0 aliphatic rings. The summed E-state index contributed by atoms with van der Waals surface area (Å²) in [6, 6.07) is 14.8. The smallest absolute Gasteiger partial charge is 0.170 e. The van der Waals surface area contributed by atoms with E-state index in [4.69, 9.17) is 29.7 Å². The van der Waals surface area contributed by atoms with Crippen molar-refractivity contribution in [2.24, 2.45) is 4.99 Å². The Kier molecular flexibility index (Phi) is 9.34. The molecule has 10 heteroatoms. The zero-order chi connectivity index (χ0) is 20.2. The summed E-state index contributed by atoms with van der Waals surface area (Å²) in [6.07, 6.45) is 0. The molecular weight excluding hydrogens is 429 g/mol. The minimum absolute atomic E-state index is 0.510. The van der Waals surface area contributed by atoms with Crippen molar-refractivity contribution in [2.75, 3.05) is 23.7 Å². The van der Waals surface area contributed by atoms with Crippen LogP contribution in [0.1, 0.15) is 0 Å². The standard InChI is InChI=1S/C18H16N6S4/c19-11-28-16-7-5-15(6-8-16)24-18(27)21-10-9-20-17(26)23-14-3-1-13(2-4-14)22-12-25/h1-8H,9-10H2,(H2,20,23,26)(H2,21,24,27). The zero-order valence-corrected chi connectivity index (χ0v) is 17.8. The van der Waals surface area contributed by atoms with Crippen LogP contribution < -0.4 is 21.3 Å². The third kappa shape index (κ3) is 8.00. The molecule has 28 heavy (non-hydrogen) atoms. The molecule has 2 rings (SSSR count). The van der Waals surface area contributed by atoms with Crippen LogP contribution in [0, 0.1) is 10.7 Å². The first kappa shape index (κ1) is 21.8. The van der Waals surface area contributed by atoms with Crippen molar-refractivity contribution >= 4 is 80.9 Å². The van der Waals surface area contributed by atoms with Crippen molar-refractivity contribution in [3.8, 4) is 5.40 Å². The summed E-state index contributed by atoms with van der Waals surface area (Å²) < 4.78 is 0. The van der Waals surface area contributed by atoms with Gasteiger partial charge < -0.3 is 21.3 Å². The first-order valence-electron chi connectivity index (χ1n) is 8.04. The van der Waals surface area contributed by atoms with Crippen LogP contribution in [0.4, 0.5) is 17.1 Å². The van der Waals surface area contributed by atoms with Crippen molar-refractivity contribution in [3.05, 3.63) is 48.5 Å². The molecule has 0 unspecified atom stereocenters. The van der Waals surface area contributed by atoms with Crippen molar-refractivity contribution in [1.82, 2.24) is 10.6 Å². The lowest BCUT2D eigenvalue weighted by Gasteiger charge is -2.13. The topological polar surface area (TPSA) is 84.3 Å². The maximum atomic E-state index is 8.64. The molecule has 0 atom stereocenters. The van der Waals surface area contributed by atoms with Gasteiger partial charge in [-0.1, -0.05) is 0 Å². The van der Waals surface area contributed by atoms with Crippen molar-refractivity contribution in [3.63, 3.8) is 0 Å². The van der Waals surface area contributed by atoms with Crippen LogP contribution in [0.5, 0.6) is 0 Å². The van der Waals surface area contributed by atoms with Crippen LogP contribution in [-0.4, -0.2) is 28.5 Å². The van der Waals surface area contributed by atoms with E-state index >= 15 is 0 Å². The third-order valence-corrected chi connectivity index (χ3v) is 4.45. The van der Waals surface area contributed by atoms with E-state index in [9.17, 15) is 0 Å². The van der Waals surface area contributed by atoms with Crippen LogP contribution >= 0.6 is 48.4 Å². The zero-order valence-electron chi connectivity index (χ0n) is 14.6. The minimum Gasteiger partial charge on any atom is -0.361 e. The molecular formula is C18H16N6S4. The van der Waals surface area contributed by atoms with Crippen LogP contribution in [0.15, 0.2) is 58.4 Å². The molecule has 4 N–H and O–H groups in total. The van der Waals surface area contributed by atoms with E-state index in [0.29, 0.717) is 23.3 Å². The van der Waals surface area contributed by atoms with Gasteiger partial charge in [-0.05, 0) is 96.9 Å². The third-order valence-electron chi connectivity index (χ3n) is 3.27. The number of thiocyanates is 1. The molecule has 0 aliphatic heterocycles. The summed E-state index contributed by atoms with van der Waals surface area (Å²) in [7, 11) is 0. The van der Waals surface area contributed by atoms with Crippen LogP contribution in [-0.2, 0) is 0 Å². The second-order valence-electron chi connectivity index (χ2n) is 5.23. The maximum absolute atomic E-state index is 8.64. The highest BCUT2D eigenvalue weighted by atomic mass is 32.2. The van der Waals surface area contributed by atoms with Gasteiger partial charge in [-0.25, -0.2) is 0 Å². The summed E-state index contributed by atoms with van der Waals surface area (Å²) in [5.41, 5.74) is 2.44. The number of nitriles is 1. The number of anilines is 2. The molecule has 0 heterocycles. The molecule has 0 spiro atoms. The number of thioether (sulfide) groups is 1. The summed E-state index contributed by atoms with van der Waals surface area (Å²) in [6.45, 7) is 1.19. The predicted octanol–water partition coefficient (Wildman–Crippen LogP) is 4.27. The number of aliphatic imine (C=N–C) groups is 1. The van der Waals surface area contributed by atoms with Gasteiger partial charge in [-0.3, -0.25) is 0 Å². The Morgan fingerprint density at radius 1 is 0.893 bits per heavy atom. The van der Waals surface area contributed by atoms with E-state index in [-0.39, 0.29) is 0 Å². The second kappa shape index (κ2) is 12.0. The van der Waals surface area contributed by atoms with Gasteiger partial charge in [-0.15, -0.1) is 0 Å². The first-order valence-corrected chi connectivity index (χ1v) is 10.1. The largest absolute Gasteiger partial charge is 0.361 e. The Balaban J connectivity index is 1.65. The first-order chi connectivity index (χ1) is 13.6. The second-order valence-corrected chi connectivity index (χ2v) is 7.09. The van der Waals surface area contributed by atoms with E-state index in [2.05, 4.69) is 43.6 Å². The number of hydrogen-bond acceptors (Lipinski definition) is 6. The fraction of sp³-hybridized carbons (Fsp3) is 0.111. The molecule has 0 amide bonds. The van der Waals surface area contributed by atoms with E-state index in [1.807, 2.05) is 53.9 Å². The fourth-order valence-corrected chi connectivity index (χ4v) is 2.96. The summed E-state index contributed by atoms with van der Waals surface area (Å²) >= 11 is 16.2. The van der Waals surface area contributed by atoms with E-state index in [1.165, 1.54) is 0 Å². The number of isothiocyanates is 1. The number of rotatable bonds is 7. The van der Waals surface area contributed by atoms with E-state index in [0.717, 1.165) is 33.7 Å². The molecule has 2 aromatic carbocycles. The summed E-state index contributed by atoms with van der Waals surface area (Å²) in [5, 5.41) is 26.4. The molecule has 0 aromatic heterocycles. The molecule has 0 fully saturated rings. The molecule has 6 nitrogen and oxygen atoms in total. The fourth-order valence-electron chi connectivity index (χ4n) is 2.03. The van der Waals surface area contributed by atoms with Crippen LogP contribution in [0.25, 0.3) is 0 Å². The molecule has 2 aromatic rings. The van der Waals surface area contributed by atoms with Gasteiger partial charge in [0.15, 0.2) is 10.2 Å². The Morgan fingerprint density at radius 2 is 1.39 bits per heavy atom. The number of hydrogen-bond donors (Lipinski definition) is 4. The molecule has 0 aliphatic carbocycles. The molecule has 0 saturated heterocycles. The van der Waals surface area contributed by atoms with Gasteiger partial charge in [0.2, 0.25) is 0 Å². The maximum Gasteiger partial charge on any atom is 0.170 e. The molecule has 0 saturated carbocycles. The van der Waals surface area contributed by atoms with Gasteiger partial charge in [0.1, 0.15) is 5.40 Å². The summed E-state index contributed by atoms with van der Waals surface area (Å²) in [4.78, 5) is 4.78. The molecule has 142 valence electrons. The highest BCUT2D eigenvalue weighted by Gasteiger charge is 2.00. The lowest BCUT2D eigenvalue weighted by Crippen LogP contribution is -2.38. The molecule has 0 radical (unpaired) electrons. The average Bonchev–Trinajstić information content (AvgIpc) is 2.69. The van der Waals surface area contributed by atoms with Gasteiger partial charge in [0.25, 0.3) is 0 Å². The normalized spacial score (nSPS) is 9.39.